The summed E-state index contributed by atoms with van der Waals surface area (Å²) in [7, 11) is 3.59. The Morgan fingerprint density at radius 2 is 2.09 bits per heavy atom. The van der Waals surface area contributed by atoms with Crippen LogP contribution in [0.3, 0.4) is 0 Å². The van der Waals surface area contributed by atoms with Gasteiger partial charge in [-0.3, -0.25) is 19.4 Å². The molecule has 1 amide bonds. The lowest BCUT2D eigenvalue weighted by atomic mass is 10.1. The Balaban J connectivity index is 1.30. The Hall–Kier alpha value is -5.27. The first-order chi connectivity index (χ1) is 20.9. The van der Waals surface area contributed by atoms with Crippen LogP contribution in [0.4, 0.5) is 21.5 Å². The number of methoxy groups -OCH3 is 1. The number of fused-ring (bicyclic) bond motifs is 2. The van der Waals surface area contributed by atoms with E-state index in [9.17, 15) is 14.4 Å². The summed E-state index contributed by atoms with van der Waals surface area (Å²) in [5.41, 5.74) is 4.42. The quantitative estimate of drug-likeness (QED) is 0.219. The van der Waals surface area contributed by atoms with E-state index in [1.165, 1.54) is 25.4 Å². The highest BCUT2D eigenvalue weighted by Crippen LogP contribution is 2.36. The van der Waals surface area contributed by atoms with Crippen molar-refractivity contribution < 1.29 is 13.9 Å². The maximum absolute atomic E-state index is 13.7. The fourth-order valence-corrected chi connectivity index (χ4v) is 5.50. The van der Waals surface area contributed by atoms with Crippen LogP contribution >= 0.6 is 0 Å². The molecule has 1 atom stereocenters. The van der Waals surface area contributed by atoms with Crippen molar-refractivity contribution in [2.24, 2.45) is 0 Å². The summed E-state index contributed by atoms with van der Waals surface area (Å²) in [6.45, 7) is 1.45. The van der Waals surface area contributed by atoms with Crippen LogP contribution in [0.15, 0.2) is 79.1 Å². The van der Waals surface area contributed by atoms with Gasteiger partial charge in [0, 0.05) is 40.8 Å². The number of likely N-dealkylation sites (N-methyl/N-ethyl adjacent to an activating group) is 1. The molecule has 0 radical (unpaired) electrons. The molecule has 2 aromatic heterocycles. The van der Waals surface area contributed by atoms with Crippen molar-refractivity contribution in [3.8, 4) is 11.8 Å². The molecule has 2 N–H and O–H groups in total. The molecule has 6 rings (SSSR count). The fourth-order valence-electron chi connectivity index (χ4n) is 5.50. The van der Waals surface area contributed by atoms with Crippen molar-refractivity contribution >= 4 is 44.8 Å². The number of hydrogen-bond donors (Lipinski definition) is 2. The molecule has 9 nitrogen and oxygen atoms in total. The number of likely N-dealkylation sites (tertiary alicyclic amines) is 1. The zero-order chi connectivity index (χ0) is 29.9. The van der Waals surface area contributed by atoms with Gasteiger partial charge in [-0.15, -0.1) is 0 Å². The lowest BCUT2D eigenvalue weighted by Gasteiger charge is -2.16. The second kappa shape index (κ2) is 11.9. The third-order valence-electron chi connectivity index (χ3n) is 7.75. The van der Waals surface area contributed by atoms with Crippen LogP contribution in [0.1, 0.15) is 24.0 Å². The lowest BCUT2D eigenvalue weighted by molar-refractivity contribution is -0.111. The summed E-state index contributed by atoms with van der Waals surface area (Å²) < 4.78 is 21.1. The molecule has 10 heteroatoms. The molecule has 1 unspecified atom stereocenters. The van der Waals surface area contributed by atoms with E-state index in [-0.39, 0.29) is 17.8 Å². The van der Waals surface area contributed by atoms with Crippen LogP contribution < -0.4 is 15.4 Å². The van der Waals surface area contributed by atoms with E-state index in [4.69, 9.17) is 4.74 Å². The third kappa shape index (κ3) is 5.89. The van der Waals surface area contributed by atoms with Crippen molar-refractivity contribution in [3.05, 3.63) is 96.1 Å². The second-order valence-corrected chi connectivity index (χ2v) is 10.6. The predicted octanol–water partition coefficient (Wildman–Crippen LogP) is 5.98. The number of nitrogens with zero attached hydrogens (tertiary/aromatic N) is 5. The number of pyridine rings is 1. The van der Waals surface area contributed by atoms with Crippen LogP contribution in [-0.4, -0.2) is 52.3 Å². The standard InChI is InChI=1S/C33H30FN7O2/c1-40-12-4-7-26(40)9-11-32(42)39-29-15-27-28(16-31(29)43-2)36-18-23(17-35)33(27)38-25-8-10-30-22(14-25)19-37-41(30)20-21-5-3-6-24(34)13-21/h3,5-6,8-11,13-16,18-19,26H,4,7,12,20H2,1-2H3,(H,36,38)(H,39,42)/b11-9+. The van der Waals surface area contributed by atoms with Crippen LogP contribution in [0.25, 0.3) is 21.8 Å². The third-order valence-corrected chi connectivity index (χ3v) is 7.75. The SMILES string of the molecule is COc1cc2ncc(C#N)c(Nc3ccc4c(cnn4Cc4cccc(F)c4)c3)c2cc1NC(=O)/C=C/C1CCCN1C. The Bertz CT molecular complexity index is 1910. The van der Waals surface area contributed by atoms with Crippen molar-refractivity contribution in [3.63, 3.8) is 0 Å². The molecule has 1 fully saturated rings. The van der Waals surface area contributed by atoms with Crippen molar-refractivity contribution in [2.45, 2.75) is 25.4 Å². The first kappa shape index (κ1) is 27.9. The highest BCUT2D eigenvalue weighted by atomic mass is 19.1. The van der Waals surface area contributed by atoms with Crippen molar-refractivity contribution in [2.75, 3.05) is 31.3 Å². The average Bonchev–Trinajstić information content (AvgIpc) is 3.61. The number of nitriles is 1. The summed E-state index contributed by atoms with van der Waals surface area (Å²) >= 11 is 0. The van der Waals surface area contributed by atoms with E-state index in [0.717, 1.165) is 41.5 Å². The molecule has 5 aromatic rings. The molecular formula is C33H30FN7O2. The zero-order valence-electron chi connectivity index (χ0n) is 23.8. The minimum atomic E-state index is -0.285. The minimum Gasteiger partial charge on any atom is -0.494 e. The van der Waals surface area contributed by atoms with E-state index in [2.05, 4.69) is 38.7 Å². The summed E-state index contributed by atoms with van der Waals surface area (Å²) in [6.07, 6.45) is 8.89. The number of hydrogen-bond acceptors (Lipinski definition) is 7. The normalized spacial score (nSPS) is 15.3. The molecule has 43 heavy (non-hydrogen) atoms. The van der Waals surface area contributed by atoms with Gasteiger partial charge in [0.2, 0.25) is 5.91 Å². The van der Waals surface area contributed by atoms with Crippen LogP contribution in [0, 0.1) is 17.1 Å². The lowest BCUT2D eigenvalue weighted by Crippen LogP contribution is -2.23. The number of carbonyl (C=O) groups is 1. The molecule has 0 spiro atoms. The Morgan fingerprint density at radius 3 is 2.86 bits per heavy atom. The average molecular weight is 576 g/mol. The van der Waals surface area contributed by atoms with E-state index in [0.29, 0.717) is 40.1 Å². The highest BCUT2D eigenvalue weighted by molar-refractivity contribution is 6.05. The first-order valence-corrected chi connectivity index (χ1v) is 14.0. The molecule has 1 aliphatic heterocycles. The van der Waals surface area contributed by atoms with Gasteiger partial charge >= 0.3 is 0 Å². The molecule has 1 aliphatic rings. The maximum atomic E-state index is 13.7. The topological polar surface area (TPSA) is 108 Å². The van der Waals surface area contributed by atoms with Gasteiger partial charge in [0.15, 0.2) is 0 Å². The summed E-state index contributed by atoms with van der Waals surface area (Å²) in [5, 5.41) is 22.3. The largest absolute Gasteiger partial charge is 0.494 e. The van der Waals surface area contributed by atoms with Crippen LogP contribution in [0.2, 0.25) is 0 Å². The Morgan fingerprint density at radius 1 is 1.21 bits per heavy atom. The molecule has 0 bridgehead atoms. The smallest absolute Gasteiger partial charge is 0.248 e. The summed E-state index contributed by atoms with van der Waals surface area (Å²) in [6, 6.07) is 18.2. The number of rotatable bonds is 8. The van der Waals surface area contributed by atoms with Crippen LogP contribution in [-0.2, 0) is 11.3 Å². The monoisotopic (exact) mass is 575 g/mol. The number of ether oxygens (including phenoxy) is 1. The van der Waals surface area contributed by atoms with Gasteiger partial charge in [-0.2, -0.15) is 10.4 Å². The molecule has 0 saturated carbocycles. The van der Waals surface area contributed by atoms with Gasteiger partial charge in [0.1, 0.15) is 17.6 Å². The molecule has 3 aromatic carbocycles. The van der Waals surface area contributed by atoms with Crippen molar-refractivity contribution in [1.29, 1.82) is 5.26 Å². The zero-order valence-corrected chi connectivity index (χ0v) is 23.8. The number of aromatic nitrogens is 3. The van der Waals surface area contributed by atoms with Crippen LogP contribution in [0.5, 0.6) is 5.75 Å². The van der Waals surface area contributed by atoms with Gasteiger partial charge in [-0.05, 0) is 68.4 Å². The number of nitrogens with one attached hydrogen (secondary N) is 2. The van der Waals surface area contributed by atoms with E-state index in [1.807, 2.05) is 35.0 Å². The number of halogens is 1. The van der Waals surface area contributed by atoms with Gasteiger partial charge < -0.3 is 15.4 Å². The van der Waals surface area contributed by atoms with Gasteiger partial charge in [0.05, 0.1) is 47.8 Å². The predicted molar refractivity (Wildman–Crippen MR) is 165 cm³/mol. The molecule has 3 heterocycles. The fraction of sp³-hybridized carbons (Fsp3) is 0.212. The van der Waals surface area contributed by atoms with Gasteiger partial charge in [-0.25, -0.2) is 4.39 Å². The molecule has 0 aliphatic carbocycles. The minimum absolute atomic E-state index is 0.244. The molecular weight excluding hydrogens is 545 g/mol. The molecule has 1 saturated heterocycles. The van der Waals surface area contributed by atoms with E-state index >= 15 is 0 Å². The second-order valence-electron chi connectivity index (χ2n) is 10.6. The number of carbonyl (C=O) groups excluding carboxylic acids is 1. The summed E-state index contributed by atoms with van der Waals surface area (Å²) in [4.78, 5) is 19.5. The van der Waals surface area contributed by atoms with E-state index in [1.54, 1.807) is 30.5 Å². The highest BCUT2D eigenvalue weighted by Gasteiger charge is 2.19. The number of amides is 1. The van der Waals surface area contributed by atoms with Crippen molar-refractivity contribution in [1.82, 2.24) is 19.7 Å². The number of benzene rings is 3. The van der Waals surface area contributed by atoms with E-state index < -0.39 is 0 Å². The molecule has 216 valence electrons. The van der Waals surface area contributed by atoms with Gasteiger partial charge in [0.25, 0.3) is 0 Å². The summed E-state index contributed by atoms with van der Waals surface area (Å²) in [5.74, 6) is -0.0906. The van der Waals surface area contributed by atoms with Gasteiger partial charge in [-0.1, -0.05) is 18.2 Å². The maximum Gasteiger partial charge on any atom is 0.248 e. The Labute approximate surface area is 248 Å². The Kier molecular flexibility index (Phi) is 7.73. The first-order valence-electron chi connectivity index (χ1n) is 14.0. The number of anilines is 3.